The highest BCUT2D eigenvalue weighted by Crippen LogP contribution is 2.25. The molecule has 1 heterocycles. The predicted molar refractivity (Wildman–Crippen MR) is 116 cm³/mol. The fourth-order valence-corrected chi connectivity index (χ4v) is 3.45. The van der Waals surface area contributed by atoms with Crippen LogP contribution in [0.4, 0.5) is 0 Å². The second-order valence-corrected chi connectivity index (χ2v) is 7.20. The zero-order valence-corrected chi connectivity index (χ0v) is 16.9. The van der Waals surface area contributed by atoms with Crippen LogP contribution in [0, 0.1) is 6.92 Å². The van der Waals surface area contributed by atoms with Crippen molar-refractivity contribution in [3.63, 3.8) is 0 Å². The van der Waals surface area contributed by atoms with E-state index in [1.54, 1.807) is 6.08 Å². The predicted octanol–water partition coefficient (Wildman–Crippen LogP) is 5.10. The van der Waals surface area contributed by atoms with Gasteiger partial charge in [-0.15, -0.1) is 0 Å². The molecule has 0 saturated carbocycles. The van der Waals surface area contributed by atoms with E-state index in [2.05, 4.69) is 54.3 Å². The summed E-state index contributed by atoms with van der Waals surface area (Å²) in [6.45, 7) is 7.67. The number of carbonyl (C=O) groups excluding carboxylic acids is 1. The number of nitrogens with zero attached hydrogens (tertiary/aromatic N) is 1. The van der Waals surface area contributed by atoms with Crippen LogP contribution in [0.25, 0.3) is 11.6 Å². The highest BCUT2D eigenvalue weighted by atomic mass is 16.5. The van der Waals surface area contributed by atoms with Crippen molar-refractivity contribution < 1.29 is 9.53 Å². The second-order valence-electron chi connectivity index (χ2n) is 7.20. The molecule has 2 aromatic carbocycles. The number of aryl methyl sites for hydroxylation is 1. The van der Waals surface area contributed by atoms with Crippen molar-refractivity contribution in [2.75, 3.05) is 26.2 Å². The van der Waals surface area contributed by atoms with Gasteiger partial charge in [-0.2, -0.15) is 0 Å². The lowest BCUT2D eigenvalue weighted by Crippen LogP contribution is -2.19. The summed E-state index contributed by atoms with van der Waals surface area (Å²) in [5, 5.41) is 0. The highest BCUT2D eigenvalue weighted by Gasteiger charge is 2.11. The van der Waals surface area contributed by atoms with E-state index in [9.17, 15) is 4.79 Å². The molecule has 0 bridgehead atoms. The van der Waals surface area contributed by atoms with Crippen LogP contribution < -0.4 is 0 Å². The zero-order valence-electron chi connectivity index (χ0n) is 16.9. The monoisotopic (exact) mass is 375 g/mol. The maximum absolute atomic E-state index is 11.5. The SMILES string of the molecule is CCOC(=O)/C=C/c1ccc(C(=CCN2CCCC2)c2ccc(C)cc2)cc1. The summed E-state index contributed by atoms with van der Waals surface area (Å²) in [7, 11) is 0. The smallest absolute Gasteiger partial charge is 0.330 e. The van der Waals surface area contributed by atoms with Gasteiger partial charge in [0.2, 0.25) is 0 Å². The highest BCUT2D eigenvalue weighted by molar-refractivity contribution is 5.87. The molecule has 3 heteroatoms. The molecule has 3 nitrogen and oxygen atoms in total. The molecule has 2 aromatic rings. The minimum absolute atomic E-state index is 0.308. The molecular weight excluding hydrogens is 346 g/mol. The van der Waals surface area contributed by atoms with Crippen LogP contribution in [0.2, 0.25) is 0 Å². The molecule has 3 rings (SSSR count). The first-order chi connectivity index (χ1) is 13.7. The Morgan fingerprint density at radius 2 is 1.61 bits per heavy atom. The minimum Gasteiger partial charge on any atom is -0.463 e. The molecule has 1 saturated heterocycles. The fraction of sp³-hybridized carbons (Fsp3) is 0.320. The van der Waals surface area contributed by atoms with Gasteiger partial charge < -0.3 is 4.74 Å². The van der Waals surface area contributed by atoms with Crippen LogP contribution in [0.3, 0.4) is 0 Å². The summed E-state index contributed by atoms with van der Waals surface area (Å²) in [5.74, 6) is -0.308. The molecule has 0 amide bonds. The van der Waals surface area contributed by atoms with Crippen molar-refractivity contribution in [3.05, 3.63) is 82.9 Å². The van der Waals surface area contributed by atoms with Crippen molar-refractivity contribution in [1.82, 2.24) is 4.90 Å². The fourth-order valence-electron chi connectivity index (χ4n) is 3.45. The van der Waals surface area contributed by atoms with E-state index in [-0.39, 0.29) is 5.97 Å². The molecule has 0 aromatic heterocycles. The van der Waals surface area contributed by atoms with Crippen LogP contribution >= 0.6 is 0 Å². The number of ether oxygens (including phenoxy) is 1. The van der Waals surface area contributed by atoms with Crippen LogP contribution in [0.1, 0.15) is 42.0 Å². The van der Waals surface area contributed by atoms with Gasteiger partial charge in [0.15, 0.2) is 0 Å². The molecule has 0 radical (unpaired) electrons. The summed E-state index contributed by atoms with van der Waals surface area (Å²) < 4.78 is 4.93. The Bertz CT molecular complexity index is 826. The van der Waals surface area contributed by atoms with E-state index in [0.717, 1.165) is 12.1 Å². The zero-order chi connectivity index (χ0) is 19.8. The number of carbonyl (C=O) groups is 1. The number of likely N-dealkylation sites (tertiary alicyclic amines) is 1. The van der Waals surface area contributed by atoms with Gasteiger partial charge in [0.25, 0.3) is 0 Å². The molecule has 1 aliphatic heterocycles. The average molecular weight is 376 g/mol. The summed E-state index contributed by atoms with van der Waals surface area (Å²) in [6, 6.07) is 17.1. The lowest BCUT2D eigenvalue weighted by molar-refractivity contribution is -0.137. The van der Waals surface area contributed by atoms with Crippen molar-refractivity contribution in [2.24, 2.45) is 0 Å². The van der Waals surface area contributed by atoms with Crippen molar-refractivity contribution in [2.45, 2.75) is 26.7 Å². The molecule has 0 unspecified atom stereocenters. The van der Waals surface area contributed by atoms with Crippen LogP contribution in [-0.4, -0.2) is 37.1 Å². The van der Waals surface area contributed by atoms with Gasteiger partial charge in [0.05, 0.1) is 6.61 Å². The third kappa shape index (κ3) is 5.67. The standard InChI is InChI=1S/C25H29NO2/c1-3-28-25(27)15-10-21-8-13-23(14-9-21)24(16-19-26-17-4-5-18-26)22-11-6-20(2)7-12-22/h6-16H,3-5,17-19H2,1-2H3/b15-10+,24-16?. The summed E-state index contributed by atoms with van der Waals surface area (Å²) in [5.41, 5.74) is 5.94. The topological polar surface area (TPSA) is 29.5 Å². The maximum Gasteiger partial charge on any atom is 0.330 e. The molecule has 0 N–H and O–H groups in total. The van der Waals surface area contributed by atoms with Gasteiger partial charge in [-0.05, 0) is 68.1 Å². The van der Waals surface area contributed by atoms with Crippen molar-refractivity contribution in [3.8, 4) is 0 Å². The summed E-state index contributed by atoms with van der Waals surface area (Å²) in [6.07, 6.45) is 8.22. The third-order valence-electron chi connectivity index (χ3n) is 5.04. The average Bonchev–Trinajstić information content (AvgIpc) is 3.22. The molecule has 1 fully saturated rings. The Morgan fingerprint density at radius 3 is 2.21 bits per heavy atom. The first-order valence-corrected chi connectivity index (χ1v) is 10.1. The van der Waals surface area contributed by atoms with Gasteiger partial charge in [-0.25, -0.2) is 4.79 Å². The molecule has 146 valence electrons. The van der Waals surface area contributed by atoms with E-state index < -0.39 is 0 Å². The largest absolute Gasteiger partial charge is 0.463 e. The normalized spacial score (nSPS) is 15.3. The van der Waals surface area contributed by atoms with Gasteiger partial charge in [0.1, 0.15) is 0 Å². The van der Waals surface area contributed by atoms with Crippen molar-refractivity contribution in [1.29, 1.82) is 0 Å². The number of benzene rings is 2. The molecular formula is C25H29NO2. The first-order valence-electron chi connectivity index (χ1n) is 10.1. The lowest BCUT2D eigenvalue weighted by Gasteiger charge is -2.15. The second kappa shape index (κ2) is 10.0. The van der Waals surface area contributed by atoms with E-state index >= 15 is 0 Å². The number of rotatable bonds is 7. The van der Waals surface area contributed by atoms with Crippen LogP contribution in [0.15, 0.2) is 60.7 Å². The molecule has 1 aliphatic rings. The number of esters is 1. The van der Waals surface area contributed by atoms with Crippen LogP contribution in [0.5, 0.6) is 0 Å². The number of hydrogen-bond acceptors (Lipinski definition) is 3. The van der Waals surface area contributed by atoms with Crippen molar-refractivity contribution >= 4 is 17.6 Å². The van der Waals surface area contributed by atoms with Gasteiger partial charge >= 0.3 is 5.97 Å². The lowest BCUT2D eigenvalue weighted by atomic mass is 9.95. The molecule has 0 aliphatic carbocycles. The van der Waals surface area contributed by atoms with Crippen LogP contribution in [-0.2, 0) is 9.53 Å². The van der Waals surface area contributed by atoms with E-state index in [4.69, 9.17) is 4.74 Å². The van der Waals surface area contributed by atoms with Gasteiger partial charge in [-0.3, -0.25) is 4.90 Å². The molecule has 0 atom stereocenters. The molecule has 0 spiro atoms. The van der Waals surface area contributed by atoms with E-state index in [1.807, 2.05) is 19.1 Å². The Morgan fingerprint density at radius 1 is 1.00 bits per heavy atom. The van der Waals surface area contributed by atoms with Gasteiger partial charge in [-0.1, -0.05) is 60.2 Å². The third-order valence-corrected chi connectivity index (χ3v) is 5.04. The Labute approximate surface area is 168 Å². The van der Waals surface area contributed by atoms with E-state index in [1.165, 1.54) is 54.3 Å². The summed E-state index contributed by atoms with van der Waals surface area (Å²) >= 11 is 0. The Hall–Kier alpha value is -2.65. The maximum atomic E-state index is 11.5. The molecule has 28 heavy (non-hydrogen) atoms. The minimum atomic E-state index is -0.308. The number of hydrogen-bond donors (Lipinski definition) is 0. The Balaban J connectivity index is 1.81. The summed E-state index contributed by atoms with van der Waals surface area (Å²) in [4.78, 5) is 14.0. The Kier molecular flexibility index (Phi) is 7.21. The first kappa shape index (κ1) is 20.1. The van der Waals surface area contributed by atoms with E-state index in [0.29, 0.717) is 6.61 Å². The quantitative estimate of drug-likeness (QED) is 0.498. The van der Waals surface area contributed by atoms with Gasteiger partial charge in [0, 0.05) is 12.6 Å².